The van der Waals surface area contributed by atoms with Crippen molar-refractivity contribution in [3.63, 3.8) is 0 Å². The molecule has 2 aliphatic heterocycles. The van der Waals surface area contributed by atoms with Crippen molar-refractivity contribution in [1.82, 2.24) is 15.2 Å². The zero-order valence-corrected chi connectivity index (χ0v) is 11.7. The molecule has 0 saturated carbocycles. The third kappa shape index (κ3) is 3.54. The minimum Gasteiger partial charge on any atom is -0.317 e. The minimum atomic E-state index is 0.757. The summed E-state index contributed by atoms with van der Waals surface area (Å²) < 4.78 is 0. The van der Waals surface area contributed by atoms with Gasteiger partial charge in [-0.25, -0.2) is 0 Å². The van der Waals surface area contributed by atoms with E-state index in [4.69, 9.17) is 0 Å². The fraction of sp³-hybridized carbons (Fsp3) is 0.688. The van der Waals surface area contributed by atoms with Gasteiger partial charge in [-0.3, -0.25) is 4.98 Å². The first-order valence-corrected chi connectivity index (χ1v) is 7.75. The lowest BCUT2D eigenvalue weighted by Crippen LogP contribution is -2.39. The summed E-state index contributed by atoms with van der Waals surface area (Å²) >= 11 is 0. The molecule has 2 aliphatic rings. The molecule has 3 nitrogen and oxygen atoms in total. The summed E-state index contributed by atoms with van der Waals surface area (Å²) in [7, 11) is 0. The Hall–Kier alpha value is -0.930. The second-order valence-corrected chi connectivity index (χ2v) is 6.05. The van der Waals surface area contributed by atoms with E-state index in [1.807, 2.05) is 12.4 Å². The van der Waals surface area contributed by atoms with Crippen LogP contribution in [0, 0.1) is 5.92 Å². The average molecular weight is 259 g/mol. The molecule has 1 aromatic rings. The largest absolute Gasteiger partial charge is 0.317 e. The predicted molar refractivity (Wildman–Crippen MR) is 78.2 cm³/mol. The second-order valence-electron chi connectivity index (χ2n) is 6.05. The van der Waals surface area contributed by atoms with Gasteiger partial charge in [0.05, 0.1) is 0 Å². The molecule has 3 heteroatoms. The van der Waals surface area contributed by atoms with Crippen LogP contribution in [0.4, 0.5) is 0 Å². The Bertz CT molecular complexity index is 365. The van der Waals surface area contributed by atoms with E-state index >= 15 is 0 Å². The lowest BCUT2D eigenvalue weighted by atomic mass is 9.89. The smallest absolute Gasteiger partial charge is 0.0270 e. The molecule has 0 atom stereocenters. The van der Waals surface area contributed by atoms with Gasteiger partial charge in [0.25, 0.3) is 0 Å². The molecule has 0 spiro atoms. The number of rotatable bonds is 3. The number of aromatic nitrogens is 1. The molecule has 2 fully saturated rings. The van der Waals surface area contributed by atoms with Gasteiger partial charge >= 0.3 is 0 Å². The molecule has 0 amide bonds. The van der Waals surface area contributed by atoms with E-state index in [1.165, 1.54) is 64.0 Å². The highest BCUT2D eigenvalue weighted by Crippen LogP contribution is 2.28. The van der Waals surface area contributed by atoms with Crippen molar-refractivity contribution in [2.75, 3.05) is 32.7 Å². The molecule has 2 saturated heterocycles. The van der Waals surface area contributed by atoms with Crippen LogP contribution in [0.25, 0.3) is 0 Å². The van der Waals surface area contributed by atoms with Crippen LogP contribution in [0.15, 0.2) is 24.5 Å². The van der Waals surface area contributed by atoms with E-state index in [-0.39, 0.29) is 0 Å². The van der Waals surface area contributed by atoms with Crippen LogP contribution in [0.1, 0.15) is 37.2 Å². The molecule has 3 heterocycles. The monoisotopic (exact) mass is 259 g/mol. The molecule has 0 aromatic carbocycles. The molecule has 19 heavy (non-hydrogen) atoms. The van der Waals surface area contributed by atoms with Gasteiger partial charge in [-0.15, -0.1) is 0 Å². The fourth-order valence-electron chi connectivity index (χ4n) is 3.51. The highest BCUT2D eigenvalue weighted by atomic mass is 15.1. The Kier molecular flexibility index (Phi) is 4.46. The summed E-state index contributed by atoms with van der Waals surface area (Å²) in [5.74, 6) is 1.69. The second kappa shape index (κ2) is 6.49. The molecule has 0 bridgehead atoms. The fourth-order valence-corrected chi connectivity index (χ4v) is 3.51. The number of hydrogen-bond donors (Lipinski definition) is 1. The first-order chi connectivity index (χ1) is 9.42. The molecule has 1 aromatic heterocycles. The van der Waals surface area contributed by atoms with Crippen molar-refractivity contribution in [2.24, 2.45) is 5.92 Å². The molecule has 104 valence electrons. The van der Waals surface area contributed by atoms with Crippen molar-refractivity contribution in [2.45, 2.75) is 31.6 Å². The lowest BCUT2D eigenvalue weighted by molar-refractivity contribution is 0.167. The van der Waals surface area contributed by atoms with Gasteiger partial charge in [-0.05, 0) is 81.4 Å². The van der Waals surface area contributed by atoms with Crippen LogP contribution in [0.2, 0.25) is 0 Å². The molecule has 0 unspecified atom stereocenters. The van der Waals surface area contributed by atoms with Crippen molar-refractivity contribution in [1.29, 1.82) is 0 Å². The van der Waals surface area contributed by atoms with Gasteiger partial charge in [0.2, 0.25) is 0 Å². The number of likely N-dealkylation sites (tertiary alicyclic amines) is 1. The maximum Gasteiger partial charge on any atom is 0.0270 e. The zero-order chi connectivity index (χ0) is 12.9. The third-order valence-corrected chi connectivity index (χ3v) is 4.74. The number of hydrogen-bond acceptors (Lipinski definition) is 3. The van der Waals surface area contributed by atoms with Crippen molar-refractivity contribution < 1.29 is 0 Å². The topological polar surface area (TPSA) is 28.2 Å². The van der Waals surface area contributed by atoms with Gasteiger partial charge < -0.3 is 10.2 Å². The van der Waals surface area contributed by atoms with Crippen molar-refractivity contribution >= 4 is 0 Å². The Morgan fingerprint density at radius 1 is 1.05 bits per heavy atom. The first kappa shape index (κ1) is 13.1. The molecule has 1 N–H and O–H groups in total. The van der Waals surface area contributed by atoms with E-state index < -0.39 is 0 Å². The Balaban J connectivity index is 1.46. The van der Waals surface area contributed by atoms with Crippen LogP contribution in [-0.4, -0.2) is 42.6 Å². The summed E-state index contributed by atoms with van der Waals surface area (Å²) in [5.41, 5.74) is 1.48. The van der Waals surface area contributed by atoms with Crippen LogP contribution in [0.3, 0.4) is 0 Å². The number of nitrogens with one attached hydrogen (secondary N) is 1. The van der Waals surface area contributed by atoms with Crippen molar-refractivity contribution in [3.8, 4) is 0 Å². The standard InChI is InChI=1S/C16H25N3/c1-7-17-8-2-14(1)13-19-11-5-16(6-12-19)15-3-9-18-10-4-15/h3-4,9-10,14,16-17H,1-2,5-8,11-13H2. The van der Waals surface area contributed by atoms with Crippen molar-refractivity contribution in [3.05, 3.63) is 30.1 Å². The highest BCUT2D eigenvalue weighted by molar-refractivity contribution is 5.16. The summed E-state index contributed by atoms with van der Waals surface area (Å²) in [5, 5.41) is 3.46. The first-order valence-electron chi connectivity index (χ1n) is 7.75. The summed E-state index contributed by atoms with van der Waals surface area (Å²) in [6.45, 7) is 6.31. The third-order valence-electron chi connectivity index (χ3n) is 4.74. The highest BCUT2D eigenvalue weighted by Gasteiger charge is 2.23. The van der Waals surface area contributed by atoms with Gasteiger partial charge in [0, 0.05) is 18.9 Å². The maximum absolute atomic E-state index is 4.12. The average Bonchev–Trinajstić information content (AvgIpc) is 2.50. The van der Waals surface area contributed by atoms with Gasteiger partial charge in [-0.2, -0.15) is 0 Å². The maximum atomic E-state index is 4.12. The van der Waals surface area contributed by atoms with E-state index in [0.29, 0.717) is 0 Å². The van der Waals surface area contributed by atoms with E-state index in [0.717, 1.165) is 11.8 Å². The molecular weight excluding hydrogens is 234 g/mol. The molecular formula is C16H25N3. The van der Waals surface area contributed by atoms with Crippen LogP contribution in [-0.2, 0) is 0 Å². The van der Waals surface area contributed by atoms with Gasteiger partial charge in [0.15, 0.2) is 0 Å². The zero-order valence-electron chi connectivity index (χ0n) is 11.7. The Morgan fingerprint density at radius 2 is 1.74 bits per heavy atom. The number of piperidine rings is 2. The SMILES string of the molecule is c1cc(C2CCN(CC3CCNCC3)CC2)ccn1. The Labute approximate surface area is 116 Å². The van der Waals surface area contributed by atoms with E-state index in [2.05, 4.69) is 27.3 Å². The van der Waals surface area contributed by atoms with E-state index in [9.17, 15) is 0 Å². The number of pyridine rings is 1. The minimum absolute atomic E-state index is 0.757. The summed E-state index contributed by atoms with van der Waals surface area (Å²) in [6, 6.07) is 4.38. The van der Waals surface area contributed by atoms with Crippen LogP contribution < -0.4 is 5.32 Å². The molecule has 0 aliphatic carbocycles. The quantitative estimate of drug-likeness (QED) is 0.902. The predicted octanol–water partition coefficient (Wildman–Crippen LogP) is 2.26. The van der Waals surface area contributed by atoms with Gasteiger partial charge in [-0.1, -0.05) is 0 Å². The van der Waals surface area contributed by atoms with Crippen LogP contribution >= 0.6 is 0 Å². The number of nitrogens with zero attached hydrogens (tertiary/aromatic N) is 2. The normalized spacial score (nSPS) is 23.6. The molecule has 3 rings (SSSR count). The van der Waals surface area contributed by atoms with E-state index in [1.54, 1.807) is 0 Å². The Morgan fingerprint density at radius 3 is 2.42 bits per heavy atom. The van der Waals surface area contributed by atoms with Crippen LogP contribution in [0.5, 0.6) is 0 Å². The summed E-state index contributed by atoms with van der Waals surface area (Å²) in [4.78, 5) is 6.80. The summed E-state index contributed by atoms with van der Waals surface area (Å²) in [6.07, 6.45) is 9.21. The molecule has 0 radical (unpaired) electrons. The van der Waals surface area contributed by atoms with Gasteiger partial charge in [0.1, 0.15) is 0 Å². The lowest BCUT2D eigenvalue weighted by Gasteiger charge is -2.35.